The van der Waals surface area contributed by atoms with Crippen LogP contribution >= 0.6 is 12.4 Å². The summed E-state index contributed by atoms with van der Waals surface area (Å²) in [5, 5.41) is 1.69. The highest BCUT2D eigenvalue weighted by molar-refractivity contribution is 5.91. The number of ether oxygens (including phenoxy) is 1. The van der Waals surface area contributed by atoms with Crippen molar-refractivity contribution >= 4 is 23.2 Å². The monoisotopic (exact) mass is 319 g/mol. The van der Waals surface area contributed by atoms with Crippen molar-refractivity contribution in [2.75, 3.05) is 7.11 Å². The van der Waals surface area contributed by atoms with Crippen molar-refractivity contribution in [1.29, 1.82) is 0 Å². The number of nitrogens with two attached hydrogens (primary N) is 1. The van der Waals surface area contributed by atoms with Gasteiger partial charge in [-0.25, -0.2) is 0 Å². The van der Waals surface area contributed by atoms with Crippen LogP contribution in [0.15, 0.2) is 36.4 Å². The number of methoxy groups -OCH3 is 1. The highest BCUT2D eigenvalue weighted by Gasteiger charge is 2.28. The van der Waals surface area contributed by atoms with Gasteiger partial charge >= 0.3 is 6.18 Å². The summed E-state index contributed by atoms with van der Waals surface area (Å²) in [7, 11) is 1.56. The Morgan fingerprint density at radius 3 is 2.29 bits per heavy atom. The standard InChI is InChI=1S/C15H16F3NO.ClH/c1-20-14-7-6-11(10-4-2-3-5-12(10)14)13(19)8-9-15(16,17)18;/h2-7,13H,8-9,19H2,1H3;1H/t13-;/m0./s1. The smallest absolute Gasteiger partial charge is 0.389 e. The van der Waals surface area contributed by atoms with Crippen molar-refractivity contribution in [1.82, 2.24) is 0 Å². The van der Waals surface area contributed by atoms with Crippen molar-refractivity contribution in [3.63, 3.8) is 0 Å². The van der Waals surface area contributed by atoms with Crippen LogP contribution in [0.5, 0.6) is 5.75 Å². The molecule has 0 heterocycles. The lowest BCUT2D eigenvalue weighted by molar-refractivity contribution is -0.136. The molecule has 0 radical (unpaired) electrons. The summed E-state index contributed by atoms with van der Waals surface area (Å²) in [6.07, 6.45) is -5.19. The molecule has 0 saturated heterocycles. The van der Waals surface area contributed by atoms with Gasteiger partial charge in [-0.2, -0.15) is 13.2 Å². The molecule has 0 amide bonds. The van der Waals surface area contributed by atoms with E-state index in [9.17, 15) is 13.2 Å². The number of fused-ring (bicyclic) bond motifs is 1. The quantitative estimate of drug-likeness (QED) is 0.893. The molecular weight excluding hydrogens is 303 g/mol. The lowest BCUT2D eigenvalue weighted by Crippen LogP contribution is -2.16. The van der Waals surface area contributed by atoms with Crippen molar-refractivity contribution in [3.05, 3.63) is 42.0 Å². The van der Waals surface area contributed by atoms with Crippen LogP contribution in [0.3, 0.4) is 0 Å². The van der Waals surface area contributed by atoms with Crippen LogP contribution in [0.2, 0.25) is 0 Å². The molecule has 0 saturated carbocycles. The molecule has 0 aliphatic heterocycles. The molecule has 0 spiro atoms. The van der Waals surface area contributed by atoms with Crippen LogP contribution in [0.4, 0.5) is 13.2 Å². The molecule has 2 rings (SSSR count). The van der Waals surface area contributed by atoms with Gasteiger partial charge in [0.2, 0.25) is 0 Å². The number of alkyl halides is 3. The summed E-state index contributed by atoms with van der Waals surface area (Å²) in [4.78, 5) is 0. The largest absolute Gasteiger partial charge is 0.496 e. The highest BCUT2D eigenvalue weighted by Crippen LogP contribution is 2.33. The highest BCUT2D eigenvalue weighted by atomic mass is 35.5. The van der Waals surface area contributed by atoms with E-state index in [2.05, 4.69) is 0 Å². The number of hydrogen-bond acceptors (Lipinski definition) is 2. The van der Waals surface area contributed by atoms with Crippen LogP contribution in [-0.4, -0.2) is 13.3 Å². The topological polar surface area (TPSA) is 35.2 Å². The maximum Gasteiger partial charge on any atom is 0.389 e. The fraction of sp³-hybridized carbons (Fsp3) is 0.333. The SMILES string of the molecule is COc1ccc([C@@H](N)CCC(F)(F)F)c2ccccc12.Cl. The van der Waals surface area contributed by atoms with Crippen LogP contribution < -0.4 is 10.5 Å². The zero-order valence-electron chi connectivity index (χ0n) is 11.5. The summed E-state index contributed by atoms with van der Waals surface area (Å²) in [5.74, 6) is 0.687. The second-order valence-electron chi connectivity index (χ2n) is 4.66. The van der Waals surface area contributed by atoms with Gasteiger partial charge in [-0.1, -0.05) is 30.3 Å². The molecule has 0 bridgehead atoms. The first-order valence-corrected chi connectivity index (χ1v) is 6.30. The van der Waals surface area contributed by atoms with Gasteiger partial charge in [0, 0.05) is 17.8 Å². The van der Waals surface area contributed by atoms with Crippen molar-refractivity contribution in [2.24, 2.45) is 5.73 Å². The molecule has 2 nitrogen and oxygen atoms in total. The Kier molecular flexibility index (Phi) is 5.87. The average Bonchev–Trinajstić information content (AvgIpc) is 2.42. The number of rotatable bonds is 4. The fourth-order valence-electron chi connectivity index (χ4n) is 2.27. The minimum Gasteiger partial charge on any atom is -0.496 e. The van der Waals surface area contributed by atoms with E-state index in [1.807, 2.05) is 24.3 Å². The Labute approximate surface area is 127 Å². The minimum atomic E-state index is -4.18. The molecule has 2 aromatic rings. The van der Waals surface area contributed by atoms with Gasteiger partial charge in [-0.05, 0) is 23.4 Å². The molecule has 0 aliphatic rings. The summed E-state index contributed by atoms with van der Waals surface area (Å²) in [6, 6.07) is 10.2. The minimum absolute atomic E-state index is 0. The predicted molar refractivity (Wildman–Crippen MR) is 80.0 cm³/mol. The van der Waals surface area contributed by atoms with Crippen LogP contribution in [0.25, 0.3) is 10.8 Å². The van der Waals surface area contributed by atoms with Gasteiger partial charge in [-0.3, -0.25) is 0 Å². The summed E-state index contributed by atoms with van der Waals surface area (Å²) >= 11 is 0. The molecule has 6 heteroatoms. The third-order valence-corrected chi connectivity index (χ3v) is 3.28. The summed E-state index contributed by atoms with van der Waals surface area (Å²) in [5.41, 5.74) is 6.63. The Morgan fingerprint density at radius 1 is 1.10 bits per heavy atom. The maximum absolute atomic E-state index is 12.3. The Hall–Kier alpha value is -1.46. The normalized spacial score (nSPS) is 12.8. The van der Waals surface area contributed by atoms with E-state index in [1.165, 1.54) is 0 Å². The summed E-state index contributed by atoms with van der Waals surface area (Å²) in [6.45, 7) is 0. The first-order valence-electron chi connectivity index (χ1n) is 6.30. The van der Waals surface area contributed by atoms with Crippen molar-refractivity contribution in [2.45, 2.75) is 25.1 Å². The molecule has 116 valence electrons. The number of halogens is 4. The molecule has 0 fully saturated rings. The second-order valence-corrected chi connectivity index (χ2v) is 4.66. The molecule has 2 aromatic carbocycles. The van der Waals surface area contributed by atoms with Crippen LogP contribution in [0, 0.1) is 0 Å². The third kappa shape index (κ3) is 4.25. The van der Waals surface area contributed by atoms with Gasteiger partial charge in [0.25, 0.3) is 0 Å². The van der Waals surface area contributed by atoms with Gasteiger partial charge < -0.3 is 10.5 Å². The van der Waals surface area contributed by atoms with Gasteiger partial charge in [0.05, 0.1) is 7.11 Å². The number of benzene rings is 2. The van der Waals surface area contributed by atoms with Crippen LogP contribution in [0.1, 0.15) is 24.4 Å². The molecule has 1 atom stereocenters. The molecule has 0 aliphatic carbocycles. The molecule has 21 heavy (non-hydrogen) atoms. The molecule has 0 aromatic heterocycles. The maximum atomic E-state index is 12.3. The average molecular weight is 320 g/mol. The molecule has 2 N–H and O–H groups in total. The predicted octanol–water partition coefficient (Wildman–Crippen LogP) is 4.61. The van der Waals surface area contributed by atoms with E-state index in [0.717, 1.165) is 10.8 Å². The van der Waals surface area contributed by atoms with E-state index >= 15 is 0 Å². The van der Waals surface area contributed by atoms with E-state index in [4.69, 9.17) is 10.5 Å². The van der Waals surface area contributed by atoms with Crippen molar-refractivity contribution < 1.29 is 17.9 Å². The Morgan fingerprint density at radius 2 is 1.71 bits per heavy atom. The van der Waals surface area contributed by atoms with Gasteiger partial charge in [0.15, 0.2) is 0 Å². The zero-order chi connectivity index (χ0) is 14.8. The van der Waals surface area contributed by atoms with Gasteiger partial charge in [0.1, 0.15) is 5.75 Å². The lowest BCUT2D eigenvalue weighted by atomic mass is 9.96. The molecule has 0 unspecified atom stereocenters. The third-order valence-electron chi connectivity index (χ3n) is 3.28. The van der Waals surface area contributed by atoms with E-state index < -0.39 is 18.6 Å². The van der Waals surface area contributed by atoms with E-state index in [1.54, 1.807) is 19.2 Å². The van der Waals surface area contributed by atoms with Crippen molar-refractivity contribution in [3.8, 4) is 5.75 Å². The lowest BCUT2D eigenvalue weighted by Gasteiger charge is -2.17. The Bertz CT molecular complexity index is 601. The second kappa shape index (κ2) is 7.00. The zero-order valence-corrected chi connectivity index (χ0v) is 12.3. The first-order chi connectivity index (χ1) is 9.42. The number of hydrogen-bond donors (Lipinski definition) is 1. The van der Waals surface area contributed by atoms with Gasteiger partial charge in [-0.15, -0.1) is 12.4 Å². The summed E-state index contributed by atoms with van der Waals surface area (Å²) < 4.78 is 42.1. The molecular formula is C15H17ClF3NO. The van der Waals surface area contributed by atoms with E-state index in [-0.39, 0.29) is 18.8 Å². The Balaban J connectivity index is 0.00000220. The fourth-order valence-corrected chi connectivity index (χ4v) is 2.27. The van der Waals surface area contributed by atoms with E-state index in [0.29, 0.717) is 11.3 Å². The first kappa shape index (κ1) is 17.6. The van der Waals surface area contributed by atoms with Crippen LogP contribution in [-0.2, 0) is 0 Å².